The van der Waals surface area contributed by atoms with Crippen LogP contribution in [0.1, 0.15) is 18.4 Å². The predicted molar refractivity (Wildman–Crippen MR) is 98.7 cm³/mol. The number of aliphatic hydroxyl groups is 1. The van der Waals surface area contributed by atoms with Crippen molar-refractivity contribution in [2.24, 2.45) is 5.92 Å². The number of likely N-dealkylation sites (tertiary alicyclic amines) is 1. The van der Waals surface area contributed by atoms with Gasteiger partial charge < -0.3 is 15.3 Å². The summed E-state index contributed by atoms with van der Waals surface area (Å²) < 4.78 is 0. The van der Waals surface area contributed by atoms with E-state index in [0.29, 0.717) is 19.0 Å². The fraction of sp³-hybridized carbons (Fsp3) is 0.444. The molecule has 3 rings (SSSR count). The standard InChI is InChI=1S/C18H23N3O2S/c1-12-14-5-3-4-6-15(14)19-17(24-2)16(12)20-18(23)21-9-7-13(11-22)8-10-21/h3-6,13,22H,7-11H2,1-2H3,(H,20,23). The van der Waals surface area contributed by atoms with Gasteiger partial charge in [0.15, 0.2) is 0 Å². The van der Waals surface area contributed by atoms with E-state index >= 15 is 0 Å². The molecule has 5 nitrogen and oxygen atoms in total. The van der Waals surface area contributed by atoms with E-state index in [-0.39, 0.29) is 12.6 Å². The van der Waals surface area contributed by atoms with Gasteiger partial charge in [-0.25, -0.2) is 9.78 Å². The highest BCUT2D eigenvalue weighted by molar-refractivity contribution is 7.98. The Labute approximate surface area is 146 Å². The van der Waals surface area contributed by atoms with Crippen molar-refractivity contribution in [1.82, 2.24) is 9.88 Å². The molecule has 2 aromatic rings. The molecule has 1 saturated heterocycles. The number of aliphatic hydroxyl groups excluding tert-OH is 1. The van der Waals surface area contributed by atoms with Crippen LogP contribution in [0.25, 0.3) is 10.9 Å². The monoisotopic (exact) mass is 345 g/mol. The number of benzene rings is 1. The lowest BCUT2D eigenvalue weighted by Gasteiger charge is -2.31. The number of anilines is 1. The van der Waals surface area contributed by atoms with Gasteiger partial charge in [0.1, 0.15) is 5.03 Å². The average Bonchev–Trinajstić information content (AvgIpc) is 2.63. The molecule has 6 heteroatoms. The fourth-order valence-corrected chi connectivity index (χ4v) is 3.75. The number of carbonyl (C=O) groups is 1. The van der Waals surface area contributed by atoms with Crippen LogP contribution >= 0.6 is 11.8 Å². The second-order valence-electron chi connectivity index (χ2n) is 6.18. The van der Waals surface area contributed by atoms with Crippen LogP contribution in [0.4, 0.5) is 10.5 Å². The Bertz CT molecular complexity index is 742. The lowest BCUT2D eigenvalue weighted by Crippen LogP contribution is -2.41. The first-order valence-electron chi connectivity index (χ1n) is 8.24. The number of hydrogen-bond donors (Lipinski definition) is 2. The second-order valence-corrected chi connectivity index (χ2v) is 6.98. The number of piperidine rings is 1. The highest BCUT2D eigenvalue weighted by Crippen LogP contribution is 2.32. The number of thioether (sulfide) groups is 1. The van der Waals surface area contributed by atoms with E-state index in [1.165, 1.54) is 11.8 Å². The van der Waals surface area contributed by atoms with E-state index in [2.05, 4.69) is 10.3 Å². The van der Waals surface area contributed by atoms with E-state index in [0.717, 1.165) is 40.0 Å². The molecular formula is C18H23N3O2S. The van der Waals surface area contributed by atoms with Crippen molar-refractivity contribution in [2.45, 2.75) is 24.8 Å². The molecule has 1 aromatic carbocycles. The summed E-state index contributed by atoms with van der Waals surface area (Å²) in [6.45, 7) is 3.61. The average molecular weight is 345 g/mol. The van der Waals surface area contributed by atoms with E-state index < -0.39 is 0 Å². The van der Waals surface area contributed by atoms with Gasteiger partial charge >= 0.3 is 6.03 Å². The maximum atomic E-state index is 12.6. The number of para-hydroxylation sites is 1. The van der Waals surface area contributed by atoms with E-state index in [4.69, 9.17) is 0 Å². The van der Waals surface area contributed by atoms with Gasteiger partial charge in [0, 0.05) is 25.1 Å². The number of rotatable bonds is 3. The zero-order valence-electron chi connectivity index (χ0n) is 14.1. The quantitative estimate of drug-likeness (QED) is 0.836. The summed E-state index contributed by atoms with van der Waals surface area (Å²) in [6, 6.07) is 7.91. The molecular weight excluding hydrogens is 322 g/mol. The Hall–Kier alpha value is -1.79. The number of aromatic nitrogens is 1. The van der Waals surface area contributed by atoms with Crippen molar-refractivity contribution in [3.8, 4) is 0 Å². The van der Waals surface area contributed by atoms with E-state index in [9.17, 15) is 9.90 Å². The molecule has 2 N–H and O–H groups in total. The largest absolute Gasteiger partial charge is 0.396 e. The van der Waals surface area contributed by atoms with Crippen LogP contribution in [0.2, 0.25) is 0 Å². The Kier molecular flexibility index (Phi) is 5.26. The van der Waals surface area contributed by atoms with Crippen molar-refractivity contribution >= 4 is 34.4 Å². The van der Waals surface area contributed by atoms with E-state index in [1.54, 1.807) is 0 Å². The molecule has 24 heavy (non-hydrogen) atoms. The number of pyridine rings is 1. The molecule has 0 saturated carbocycles. The first-order chi connectivity index (χ1) is 11.6. The third-order valence-electron chi connectivity index (χ3n) is 4.70. The van der Waals surface area contributed by atoms with Gasteiger partial charge in [0.05, 0.1) is 11.2 Å². The van der Waals surface area contributed by atoms with Crippen molar-refractivity contribution < 1.29 is 9.90 Å². The number of amides is 2. The third kappa shape index (κ3) is 3.35. The molecule has 128 valence electrons. The zero-order valence-corrected chi connectivity index (χ0v) is 14.9. The topological polar surface area (TPSA) is 65.5 Å². The summed E-state index contributed by atoms with van der Waals surface area (Å²) in [5.74, 6) is 0.319. The van der Waals surface area contributed by atoms with Crippen LogP contribution in [0.5, 0.6) is 0 Å². The zero-order chi connectivity index (χ0) is 17.1. The molecule has 1 aliphatic rings. The molecule has 0 aliphatic carbocycles. The number of fused-ring (bicyclic) bond motifs is 1. The van der Waals surface area contributed by atoms with Crippen molar-refractivity contribution in [3.05, 3.63) is 29.8 Å². The molecule has 1 fully saturated rings. The van der Waals surface area contributed by atoms with Crippen LogP contribution in [0.3, 0.4) is 0 Å². The number of hydrogen-bond acceptors (Lipinski definition) is 4. The van der Waals surface area contributed by atoms with Gasteiger partial charge in [-0.1, -0.05) is 18.2 Å². The minimum absolute atomic E-state index is 0.0816. The van der Waals surface area contributed by atoms with E-state index in [1.807, 2.05) is 42.3 Å². The lowest BCUT2D eigenvalue weighted by atomic mass is 9.98. The second kappa shape index (κ2) is 7.40. The van der Waals surface area contributed by atoms with Gasteiger partial charge in [-0.05, 0) is 43.6 Å². The minimum Gasteiger partial charge on any atom is -0.396 e. The van der Waals surface area contributed by atoms with Gasteiger partial charge in [-0.15, -0.1) is 11.8 Å². The molecule has 0 radical (unpaired) electrons. The van der Waals surface area contributed by atoms with Gasteiger partial charge in [0.2, 0.25) is 0 Å². The fourth-order valence-electron chi connectivity index (χ4n) is 3.15. The Morgan fingerprint density at radius 3 is 2.75 bits per heavy atom. The highest BCUT2D eigenvalue weighted by atomic mass is 32.2. The Balaban J connectivity index is 1.84. The number of nitrogens with one attached hydrogen (secondary N) is 1. The number of nitrogens with zero attached hydrogens (tertiary/aromatic N) is 2. The first-order valence-corrected chi connectivity index (χ1v) is 9.46. The summed E-state index contributed by atoms with van der Waals surface area (Å²) in [5.41, 5.74) is 2.79. The molecule has 2 amide bonds. The maximum Gasteiger partial charge on any atom is 0.321 e. The van der Waals surface area contributed by atoms with Crippen LogP contribution in [-0.2, 0) is 0 Å². The molecule has 1 aromatic heterocycles. The summed E-state index contributed by atoms with van der Waals surface area (Å²) in [6.07, 6.45) is 3.68. The molecule has 0 bridgehead atoms. The predicted octanol–water partition coefficient (Wildman–Crippen LogP) is 3.50. The number of aryl methyl sites for hydroxylation is 1. The van der Waals surface area contributed by atoms with Crippen molar-refractivity contribution in [2.75, 3.05) is 31.3 Å². The molecule has 2 heterocycles. The van der Waals surface area contributed by atoms with Crippen LogP contribution in [-0.4, -0.2) is 47.0 Å². The maximum absolute atomic E-state index is 12.6. The number of carbonyl (C=O) groups excluding carboxylic acids is 1. The molecule has 0 spiro atoms. The third-order valence-corrected chi connectivity index (χ3v) is 5.39. The van der Waals surface area contributed by atoms with Crippen LogP contribution < -0.4 is 5.32 Å². The molecule has 1 aliphatic heterocycles. The van der Waals surface area contributed by atoms with Gasteiger partial charge in [-0.3, -0.25) is 0 Å². The lowest BCUT2D eigenvalue weighted by molar-refractivity contribution is 0.143. The Morgan fingerprint density at radius 2 is 2.08 bits per heavy atom. The van der Waals surface area contributed by atoms with Crippen LogP contribution in [0.15, 0.2) is 29.3 Å². The summed E-state index contributed by atoms with van der Waals surface area (Å²) in [7, 11) is 0. The summed E-state index contributed by atoms with van der Waals surface area (Å²) in [5, 5.41) is 14.2. The number of urea groups is 1. The minimum atomic E-state index is -0.0816. The highest BCUT2D eigenvalue weighted by Gasteiger charge is 2.23. The van der Waals surface area contributed by atoms with Crippen molar-refractivity contribution in [3.63, 3.8) is 0 Å². The van der Waals surface area contributed by atoms with Gasteiger partial charge in [-0.2, -0.15) is 0 Å². The SMILES string of the molecule is CSc1nc2ccccc2c(C)c1NC(=O)N1CCC(CO)CC1. The smallest absolute Gasteiger partial charge is 0.321 e. The first kappa shape index (κ1) is 17.0. The summed E-state index contributed by atoms with van der Waals surface area (Å²) in [4.78, 5) is 19.1. The molecule has 0 atom stereocenters. The van der Waals surface area contributed by atoms with Gasteiger partial charge in [0.25, 0.3) is 0 Å². The molecule has 0 unspecified atom stereocenters. The van der Waals surface area contributed by atoms with Crippen LogP contribution in [0, 0.1) is 12.8 Å². The van der Waals surface area contributed by atoms with Crippen molar-refractivity contribution in [1.29, 1.82) is 0 Å². The normalized spacial score (nSPS) is 15.7. The Morgan fingerprint density at radius 1 is 1.38 bits per heavy atom. The summed E-state index contributed by atoms with van der Waals surface area (Å²) >= 11 is 1.54.